The molecule has 3 aromatic carbocycles. The van der Waals surface area contributed by atoms with Crippen molar-refractivity contribution in [3.63, 3.8) is 0 Å². The van der Waals surface area contributed by atoms with Gasteiger partial charge >= 0.3 is 6.09 Å². The third-order valence-electron chi connectivity index (χ3n) is 7.83. The number of likely N-dealkylation sites (tertiary alicyclic amines) is 1. The van der Waals surface area contributed by atoms with E-state index in [1.807, 2.05) is 48.5 Å². The van der Waals surface area contributed by atoms with Gasteiger partial charge in [0.05, 0.1) is 10.5 Å². The Hall–Kier alpha value is -4.37. The van der Waals surface area contributed by atoms with Gasteiger partial charge in [0.2, 0.25) is 5.91 Å². The number of alkyl carbamates (subject to hydrolysis) is 1. The number of carbonyl (C=O) groups is 3. The molecule has 1 aromatic heterocycles. The zero-order valence-electron chi connectivity index (χ0n) is 22.9. The molecule has 0 bridgehead atoms. The highest BCUT2D eigenvalue weighted by Crippen LogP contribution is 2.48. The molecule has 1 aliphatic heterocycles. The standard InChI is InChI=1S/C32H29ClFN3O5/c1-19(38)25-16-36(28-14-23(10-11-24(25)28)41-18-20-6-3-2-4-7-20)17-29(39)37-27-12-22(27)13-30(37)42-32(40)35-15-21-8-5-9-26(33)31(21)34/h2-11,14,16,22,27,30H,12-13,15,17-18H2,1H3,(H,35,40)/t22-,27-,30+/m1/s1. The van der Waals surface area contributed by atoms with E-state index in [2.05, 4.69) is 5.32 Å². The topological polar surface area (TPSA) is 89.9 Å². The SMILES string of the molecule is CC(=O)c1cn(CC(=O)N2[C@@H](OC(=O)NCc3cccc(Cl)c3F)C[C@H]3C[C@H]32)c2cc(OCc3ccccc3)ccc12. The molecule has 42 heavy (non-hydrogen) atoms. The summed E-state index contributed by atoms with van der Waals surface area (Å²) in [6.45, 7) is 1.74. The van der Waals surface area contributed by atoms with Crippen LogP contribution in [-0.2, 0) is 29.2 Å². The third-order valence-corrected chi connectivity index (χ3v) is 8.12. The van der Waals surface area contributed by atoms with Gasteiger partial charge < -0.3 is 24.3 Å². The molecule has 1 saturated heterocycles. The number of aromatic nitrogens is 1. The molecule has 2 amide bonds. The molecule has 1 N–H and O–H groups in total. The number of rotatable bonds is 9. The van der Waals surface area contributed by atoms with Crippen LogP contribution in [0.15, 0.2) is 72.9 Å². The van der Waals surface area contributed by atoms with Crippen molar-refractivity contribution in [1.29, 1.82) is 0 Å². The molecule has 4 aromatic rings. The summed E-state index contributed by atoms with van der Waals surface area (Å²) < 4.78 is 27.5. The number of amides is 2. The number of carbonyl (C=O) groups excluding carboxylic acids is 3. The highest BCUT2D eigenvalue weighted by atomic mass is 35.5. The zero-order valence-corrected chi connectivity index (χ0v) is 23.6. The lowest BCUT2D eigenvalue weighted by molar-refractivity contribution is -0.140. The van der Waals surface area contributed by atoms with Gasteiger partial charge in [0.15, 0.2) is 12.0 Å². The third kappa shape index (κ3) is 5.69. The molecule has 2 heterocycles. The Bertz CT molecular complexity index is 1670. The first-order valence-electron chi connectivity index (χ1n) is 13.8. The minimum atomic E-state index is -0.746. The average Bonchev–Trinajstić information content (AvgIpc) is 3.49. The lowest BCUT2D eigenvalue weighted by atomic mass is 10.1. The van der Waals surface area contributed by atoms with Crippen LogP contribution in [0, 0.1) is 11.7 Å². The van der Waals surface area contributed by atoms with Crippen molar-refractivity contribution >= 4 is 40.3 Å². The average molecular weight is 590 g/mol. The predicted octanol–water partition coefficient (Wildman–Crippen LogP) is 6.09. The Kier molecular flexibility index (Phi) is 7.60. The first-order valence-corrected chi connectivity index (χ1v) is 14.2. The minimum absolute atomic E-state index is 0.000421. The molecule has 1 saturated carbocycles. The molecule has 8 nitrogen and oxygen atoms in total. The summed E-state index contributed by atoms with van der Waals surface area (Å²) in [5.74, 6) is -0.0474. The highest BCUT2D eigenvalue weighted by molar-refractivity contribution is 6.30. The number of hydrogen-bond donors (Lipinski definition) is 1. The molecule has 6 rings (SSSR count). The fourth-order valence-corrected chi connectivity index (χ4v) is 5.82. The van der Waals surface area contributed by atoms with E-state index in [1.165, 1.54) is 19.1 Å². The largest absolute Gasteiger partial charge is 0.489 e. The van der Waals surface area contributed by atoms with Crippen molar-refractivity contribution < 1.29 is 28.2 Å². The second-order valence-electron chi connectivity index (χ2n) is 10.7. The molecule has 0 radical (unpaired) electrons. The molecule has 1 aliphatic carbocycles. The van der Waals surface area contributed by atoms with Gasteiger partial charge in [0, 0.05) is 47.8 Å². The Labute approximate surface area is 247 Å². The Morgan fingerprint density at radius 3 is 2.64 bits per heavy atom. The summed E-state index contributed by atoms with van der Waals surface area (Å²) >= 11 is 5.82. The van der Waals surface area contributed by atoms with Crippen molar-refractivity contribution in [3.05, 3.63) is 100 Å². The summed E-state index contributed by atoms with van der Waals surface area (Å²) in [7, 11) is 0. The number of fused-ring (bicyclic) bond motifs is 2. The zero-order chi connectivity index (χ0) is 29.4. The predicted molar refractivity (Wildman–Crippen MR) is 155 cm³/mol. The van der Waals surface area contributed by atoms with Gasteiger partial charge in [-0.3, -0.25) is 9.59 Å². The van der Waals surface area contributed by atoms with Crippen molar-refractivity contribution in [2.75, 3.05) is 0 Å². The normalized spacial score (nSPS) is 18.9. The fraction of sp³-hybridized carbons (Fsp3) is 0.281. The van der Waals surface area contributed by atoms with Crippen molar-refractivity contribution in [1.82, 2.24) is 14.8 Å². The number of piperidine rings is 1. The molecule has 3 atom stereocenters. The summed E-state index contributed by atoms with van der Waals surface area (Å²) in [4.78, 5) is 40.3. The number of hydrogen-bond acceptors (Lipinski definition) is 5. The van der Waals surface area contributed by atoms with Gasteiger partial charge in [-0.15, -0.1) is 0 Å². The molecule has 0 unspecified atom stereocenters. The number of nitrogens with one attached hydrogen (secondary N) is 1. The second kappa shape index (κ2) is 11.5. The van der Waals surface area contributed by atoms with Crippen LogP contribution >= 0.6 is 11.6 Å². The molecule has 2 fully saturated rings. The summed E-state index contributed by atoms with van der Waals surface area (Å²) in [5, 5.41) is 3.25. The molecular weight excluding hydrogens is 561 g/mol. The van der Waals surface area contributed by atoms with Crippen LogP contribution in [0.1, 0.15) is 41.3 Å². The maximum Gasteiger partial charge on any atom is 0.409 e. The lowest BCUT2D eigenvalue weighted by Gasteiger charge is -2.27. The van der Waals surface area contributed by atoms with E-state index < -0.39 is 18.1 Å². The van der Waals surface area contributed by atoms with E-state index in [-0.39, 0.29) is 47.3 Å². The minimum Gasteiger partial charge on any atom is -0.489 e. The van der Waals surface area contributed by atoms with E-state index in [9.17, 15) is 18.8 Å². The van der Waals surface area contributed by atoms with Crippen LogP contribution in [0.2, 0.25) is 5.02 Å². The van der Waals surface area contributed by atoms with Crippen LogP contribution in [-0.4, -0.2) is 39.5 Å². The molecule has 216 valence electrons. The van der Waals surface area contributed by atoms with E-state index >= 15 is 0 Å². The van der Waals surface area contributed by atoms with Crippen LogP contribution in [0.5, 0.6) is 5.75 Å². The molecule has 0 spiro atoms. The second-order valence-corrected chi connectivity index (χ2v) is 11.1. The Morgan fingerprint density at radius 1 is 1.05 bits per heavy atom. The molecular formula is C32H29ClFN3O5. The number of ether oxygens (including phenoxy) is 2. The smallest absolute Gasteiger partial charge is 0.409 e. The van der Waals surface area contributed by atoms with Crippen molar-refractivity contribution in [2.45, 2.75) is 51.7 Å². The lowest BCUT2D eigenvalue weighted by Crippen LogP contribution is -2.44. The van der Waals surface area contributed by atoms with E-state index in [0.29, 0.717) is 29.9 Å². The number of nitrogens with zero attached hydrogens (tertiary/aromatic N) is 2. The number of benzene rings is 3. The van der Waals surface area contributed by atoms with Crippen LogP contribution in [0.25, 0.3) is 10.9 Å². The molecule has 2 aliphatic rings. The summed E-state index contributed by atoms with van der Waals surface area (Å²) in [5.41, 5.74) is 2.46. The van der Waals surface area contributed by atoms with Gasteiger partial charge in [-0.2, -0.15) is 0 Å². The quantitative estimate of drug-likeness (QED) is 0.239. The number of ketones is 1. The first-order chi connectivity index (χ1) is 20.3. The number of Topliss-reactive ketones (excluding diaryl/α,β-unsaturated/α-hetero) is 1. The number of halogens is 2. The Morgan fingerprint density at radius 2 is 1.86 bits per heavy atom. The van der Waals surface area contributed by atoms with E-state index in [4.69, 9.17) is 21.1 Å². The van der Waals surface area contributed by atoms with Crippen LogP contribution in [0.4, 0.5) is 9.18 Å². The first kappa shape index (κ1) is 27.8. The maximum atomic E-state index is 14.2. The van der Waals surface area contributed by atoms with Gasteiger partial charge in [-0.1, -0.05) is 54.1 Å². The Balaban J connectivity index is 1.16. The van der Waals surface area contributed by atoms with E-state index in [1.54, 1.807) is 21.7 Å². The van der Waals surface area contributed by atoms with E-state index in [0.717, 1.165) is 17.4 Å². The van der Waals surface area contributed by atoms with Gasteiger partial charge in [-0.25, -0.2) is 9.18 Å². The summed E-state index contributed by atoms with van der Waals surface area (Å²) in [6.07, 6.45) is 1.60. The maximum absolute atomic E-state index is 14.2. The van der Waals surface area contributed by atoms with Gasteiger partial charge in [0.1, 0.15) is 24.7 Å². The molecule has 10 heteroatoms. The van der Waals surface area contributed by atoms with Gasteiger partial charge in [0.25, 0.3) is 0 Å². The monoisotopic (exact) mass is 589 g/mol. The van der Waals surface area contributed by atoms with Crippen LogP contribution in [0.3, 0.4) is 0 Å². The van der Waals surface area contributed by atoms with Crippen molar-refractivity contribution in [2.24, 2.45) is 5.92 Å². The summed E-state index contributed by atoms with van der Waals surface area (Å²) in [6, 6.07) is 19.8. The van der Waals surface area contributed by atoms with Crippen molar-refractivity contribution in [3.8, 4) is 5.75 Å². The highest BCUT2D eigenvalue weighted by Gasteiger charge is 2.55. The van der Waals surface area contributed by atoms with Gasteiger partial charge in [-0.05, 0) is 43.0 Å². The van der Waals surface area contributed by atoms with Crippen LogP contribution < -0.4 is 10.1 Å². The fourth-order valence-electron chi connectivity index (χ4n) is 5.62.